The average molecular weight is 351 g/mol. The van der Waals surface area contributed by atoms with Crippen LogP contribution in [-0.2, 0) is 19.1 Å². The maximum atomic E-state index is 11.6. The van der Waals surface area contributed by atoms with E-state index in [0.717, 1.165) is 0 Å². The highest BCUT2D eigenvalue weighted by atomic mass is 16.6. The van der Waals surface area contributed by atoms with E-state index in [1.54, 1.807) is 20.8 Å². The number of ether oxygens (including phenoxy) is 2. The van der Waals surface area contributed by atoms with Crippen molar-refractivity contribution in [2.75, 3.05) is 6.61 Å². The Balaban J connectivity index is 0. The lowest BCUT2D eigenvalue weighted by molar-refractivity contribution is -0.128. The summed E-state index contributed by atoms with van der Waals surface area (Å²) in [5.74, 6) is 7.69. The van der Waals surface area contributed by atoms with Gasteiger partial charge in [0.05, 0.1) is 25.2 Å². The molecule has 3 amide bonds. The monoisotopic (exact) mass is 351 g/mol. The smallest absolute Gasteiger partial charge is 0.407 e. The first-order valence-corrected chi connectivity index (χ1v) is 7.22. The first-order chi connectivity index (χ1) is 10.8. The van der Waals surface area contributed by atoms with E-state index in [1.807, 2.05) is 0 Å². The first kappa shape index (κ1) is 24.3. The van der Waals surface area contributed by atoms with Crippen LogP contribution in [0.3, 0.4) is 0 Å². The molecule has 24 heavy (non-hydrogen) atoms. The maximum absolute atomic E-state index is 11.6. The fourth-order valence-electron chi connectivity index (χ4n) is 1.92. The van der Waals surface area contributed by atoms with E-state index in [4.69, 9.17) is 9.47 Å². The van der Waals surface area contributed by atoms with Crippen LogP contribution in [-0.4, -0.2) is 48.2 Å². The van der Waals surface area contributed by atoms with Crippen molar-refractivity contribution in [3.63, 3.8) is 0 Å². The minimum Gasteiger partial charge on any atom is -0.444 e. The summed E-state index contributed by atoms with van der Waals surface area (Å²) in [6.45, 7) is 5.72. The van der Waals surface area contributed by atoms with E-state index in [2.05, 4.69) is 27.9 Å². The second-order valence-electron chi connectivity index (χ2n) is 5.89. The molecule has 0 bridgehead atoms. The van der Waals surface area contributed by atoms with Crippen LogP contribution < -0.4 is 27.9 Å². The van der Waals surface area contributed by atoms with Crippen LogP contribution >= 0.6 is 0 Å². The molecule has 11 nitrogen and oxygen atoms in total. The number of nitrogens with two attached hydrogens (primary N) is 2. The van der Waals surface area contributed by atoms with Gasteiger partial charge in [0.2, 0.25) is 12.3 Å². The molecule has 142 valence electrons. The van der Waals surface area contributed by atoms with E-state index < -0.39 is 11.7 Å². The molecule has 0 unspecified atom stereocenters. The summed E-state index contributed by atoms with van der Waals surface area (Å²) in [6.07, 6.45) is 1.23. The molecule has 1 fully saturated rings. The second-order valence-corrected chi connectivity index (χ2v) is 5.89. The number of carbonyl (C=O) groups is 3. The quantitative estimate of drug-likeness (QED) is 0.220. The molecule has 1 heterocycles. The lowest BCUT2D eigenvalue weighted by Crippen LogP contribution is -2.46. The highest BCUT2D eigenvalue weighted by molar-refractivity contribution is 5.77. The Hall–Kier alpha value is -1.95. The zero-order valence-electron chi connectivity index (χ0n) is 14.3. The fraction of sp³-hybridized carbons (Fsp3) is 0.769. The normalized spacial score (nSPS) is 19.5. The molecule has 1 aliphatic rings. The molecule has 0 aromatic carbocycles. The van der Waals surface area contributed by atoms with Gasteiger partial charge in [0.15, 0.2) is 0 Å². The molecule has 1 aliphatic heterocycles. The highest BCUT2D eigenvalue weighted by Gasteiger charge is 2.26. The summed E-state index contributed by atoms with van der Waals surface area (Å²) >= 11 is 0. The van der Waals surface area contributed by atoms with Crippen LogP contribution in [0.25, 0.3) is 0 Å². The lowest BCUT2D eigenvalue weighted by atomic mass is 10.0. The van der Waals surface area contributed by atoms with Gasteiger partial charge < -0.3 is 20.3 Å². The largest absolute Gasteiger partial charge is 0.444 e. The molecule has 0 spiro atoms. The molecule has 1 rings (SSSR count). The van der Waals surface area contributed by atoms with Crippen molar-refractivity contribution in [3.8, 4) is 0 Å². The summed E-state index contributed by atoms with van der Waals surface area (Å²) in [7, 11) is 0. The number of hydrazine groups is 2. The van der Waals surface area contributed by atoms with E-state index in [1.165, 1.54) is 0 Å². The molecular formula is C13H29N5O6. The van der Waals surface area contributed by atoms with Crippen LogP contribution in [0.15, 0.2) is 0 Å². The van der Waals surface area contributed by atoms with E-state index in [9.17, 15) is 14.4 Å². The molecule has 2 atom stereocenters. The summed E-state index contributed by atoms with van der Waals surface area (Å²) in [5.41, 5.74) is 3.77. The molecule has 0 saturated carbocycles. The van der Waals surface area contributed by atoms with E-state index >= 15 is 0 Å². The van der Waals surface area contributed by atoms with Crippen molar-refractivity contribution >= 4 is 18.4 Å². The van der Waals surface area contributed by atoms with Crippen molar-refractivity contribution in [3.05, 3.63) is 0 Å². The van der Waals surface area contributed by atoms with Gasteiger partial charge in [-0.2, -0.15) is 0 Å². The SMILES string of the molecule is CC(C)(C)OC(=O)N[C@@H]1CC[C@@H](CC(=O)NNC=O)OC1.NN.O. The number of carbonyl (C=O) groups excluding carboxylic acids is 3. The van der Waals surface area contributed by atoms with Crippen molar-refractivity contribution < 1.29 is 29.3 Å². The number of nitrogens with one attached hydrogen (secondary N) is 3. The van der Waals surface area contributed by atoms with Crippen LogP contribution in [0.2, 0.25) is 0 Å². The Kier molecular flexibility index (Phi) is 12.6. The molecule has 0 aromatic rings. The summed E-state index contributed by atoms with van der Waals surface area (Å²) in [6, 6.07) is -0.118. The maximum Gasteiger partial charge on any atom is 0.407 e. The van der Waals surface area contributed by atoms with Crippen LogP contribution in [0.1, 0.15) is 40.0 Å². The van der Waals surface area contributed by atoms with Gasteiger partial charge in [-0.05, 0) is 33.6 Å². The van der Waals surface area contributed by atoms with Crippen LogP contribution in [0, 0.1) is 0 Å². The molecule has 0 radical (unpaired) electrons. The topological polar surface area (TPSA) is 189 Å². The van der Waals surface area contributed by atoms with Gasteiger partial charge in [-0.1, -0.05) is 0 Å². The Morgan fingerprint density at radius 1 is 1.29 bits per heavy atom. The Morgan fingerprint density at radius 2 is 1.92 bits per heavy atom. The zero-order chi connectivity index (χ0) is 17.9. The number of amides is 3. The van der Waals surface area contributed by atoms with Gasteiger partial charge in [0.1, 0.15) is 5.60 Å². The average Bonchev–Trinajstić information content (AvgIpc) is 2.47. The molecule has 9 N–H and O–H groups in total. The molecule has 11 heteroatoms. The number of rotatable bonds is 5. The standard InChI is InChI=1S/C13H23N3O5.H4N2.H2O/c1-13(2,3)21-12(19)15-9-4-5-10(20-7-9)6-11(18)16-14-8-17;1-2;/h8-10H,4-7H2,1-3H3,(H,14,17)(H,15,19)(H,16,18);1-2H2;1H2/t9-,10+;;/m1../s1. The van der Waals surface area contributed by atoms with Gasteiger partial charge in [-0.15, -0.1) is 0 Å². The third-order valence-corrected chi connectivity index (χ3v) is 2.77. The second kappa shape index (κ2) is 12.5. The third-order valence-electron chi connectivity index (χ3n) is 2.77. The first-order valence-electron chi connectivity index (χ1n) is 7.22. The van der Waals surface area contributed by atoms with Gasteiger partial charge in [-0.25, -0.2) is 4.79 Å². The summed E-state index contributed by atoms with van der Waals surface area (Å²) in [5, 5.41) is 2.74. The molecule has 1 saturated heterocycles. The zero-order valence-corrected chi connectivity index (χ0v) is 14.3. The van der Waals surface area contributed by atoms with Gasteiger partial charge in [0, 0.05) is 0 Å². The third kappa shape index (κ3) is 11.6. The van der Waals surface area contributed by atoms with Gasteiger partial charge >= 0.3 is 6.09 Å². The Bertz CT molecular complexity index is 380. The molecule has 0 aliphatic carbocycles. The predicted octanol–water partition coefficient (Wildman–Crippen LogP) is -1.78. The van der Waals surface area contributed by atoms with E-state index in [0.29, 0.717) is 25.9 Å². The Labute approximate surface area is 141 Å². The highest BCUT2D eigenvalue weighted by Crippen LogP contribution is 2.17. The van der Waals surface area contributed by atoms with Gasteiger partial charge in [0.25, 0.3) is 0 Å². The minimum absolute atomic E-state index is 0. The van der Waals surface area contributed by atoms with Crippen molar-refractivity contribution in [1.29, 1.82) is 0 Å². The summed E-state index contributed by atoms with van der Waals surface area (Å²) in [4.78, 5) is 33.0. The molecular weight excluding hydrogens is 322 g/mol. The predicted molar refractivity (Wildman–Crippen MR) is 86.1 cm³/mol. The minimum atomic E-state index is -0.536. The van der Waals surface area contributed by atoms with Crippen molar-refractivity contribution in [2.24, 2.45) is 11.7 Å². The molecule has 0 aromatic heterocycles. The number of hydrogen-bond donors (Lipinski definition) is 5. The summed E-state index contributed by atoms with van der Waals surface area (Å²) < 4.78 is 10.7. The van der Waals surface area contributed by atoms with Crippen molar-refractivity contribution in [2.45, 2.75) is 57.8 Å². The van der Waals surface area contributed by atoms with Crippen LogP contribution in [0.4, 0.5) is 4.79 Å². The lowest BCUT2D eigenvalue weighted by Gasteiger charge is -2.30. The van der Waals surface area contributed by atoms with Crippen molar-refractivity contribution in [1.82, 2.24) is 16.2 Å². The Morgan fingerprint density at radius 3 is 2.38 bits per heavy atom. The van der Waals surface area contributed by atoms with Crippen LogP contribution in [0.5, 0.6) is 0 Å². The number of hydrogen-bond acceptors (Lipinski definition) is 7. The van der Waals surface area contributed by atoms with Gasteiger partial charge in [-0.3, -0.25) is 32.1 Å². The fourth-order valence-corrected chi connectivity index (χ4v) is 1.92. The number of alkyl carbamates (subject to hydrolysis) is 1. The van der Waals surface area contributed by atoms with E-state index in [-0.39, 0.29) is 30.0 Å².